The Labute approximate surface area is 112 Å². The van der Waals surface area contributed by atoms with Gasteiger partial charge in [-0.25, -0.2) is 9.97 Å². The molecule has 19 heavy (non-hydrogen) atoms. The molecule has 3 heteroatoms. The van der Waals surface area contributed by atoms with E-state index >= 15 is 0 Å². The molecule has 0 unspecified atom stereocenters. The van der Waals surface area contributed by atoms with Crippen molar-refractivity contribution in [3.63, 3.8) is 0 Å². The van der Waals surface area contributed by atoms with Gasteiger partial charge in [-0.1, -0.05) is 0 Å². The lowest BCUT2D eigenvalue weighted by molar-refractivity contribution is 0.658. The summed E-state index contributed by atoms with van der Waals surface area (Å²) < 4.78 is 2.27. The first kappa shape index (κ1) is 11.0. The van der Waals surface area contributed by atoms with Crippen molar-refractivity contribution in [2.45, 2.75) is 39.5 Å². The number of aromatic nitrogens is 3. The Morgan fingerprint density at radius 2 is 1.84 bits per heavy atom. The van der Waals surface area contributed by atoms with Crippen molar-refractivity contribution in [2.75, 3.05) is 0 Å². The van der Waals surface area contributed by atoms with Crippen LogP contribution in [-0.2, 0) is 12.8 Å². The van der Waals surface area contributed by atoms with Crippen molar-refractivity contribution < 1.29 is 0 Å². The Balaban J connectivity index is 2.17. The van der Waals surface area contributed by atoms with Gasteiger partial charge < -0.3 is 0 Å². The van der Waals surface area contributed by atoms with Gasteiger partial charge in [0.05, 0.1) is 11.0 Å². The molecule has 1 aliphatic carbocycles. The first-order chi connectivity index (χ1) is 9.24. The van der Waals surface area contributed by atoms with Crippen molar-refractivity contribution in [1.82, 2.24) is 14.4 Å². The summed E-state index contributed by atoms with van der Waals surface area (Å²) in [5.41, 5.74) is 7.71. The Kier molecular flexibility index (Phi) is 2.19. The molecule has 1 aromatic carbocycles. The monoisotopic (exact) mass is 251 g/mol. The molecule has 0 fully saturated rings. The van der Waals surface area contributed by atoms with Gasteiger partial charge in [0, 0.05) is 11.9 Å². The molecule has 0 saturated carbocycles. The van der Waals surface area contributed by atoms with Crippen LogP contribution in [0.1, 0.15) is 35.2 Å². The molecule has 2 aromatic heterocycles. The molecule has 0 bridgehead atoms. The van der Waals surface area contributed by atoms with Crippen LogP contribution in [0.25, 0.3) is 16.8 Å². The van der Waals surface area contributed by atoms with E-state index in [1.165, 1.54) is 40.7 Å². The molecule has 4 rings (SSSR count). The zero-order chi connectivity index (χ0) is 13.0. The van der Waals surface area contributed by atoms with Gasteiger partial charge in [-0.15, -0.1) is 0 Å². The minimum Gasteiger partial charge on any atom is -0.280 e. The molecule has 1 aliphatic rings. The Hall–Kier alpha value is -1.90. The maximum atomic E-state index is 4.68. The number of hydrogen-bond acceptors (Lipinski definition) is 2. The molecule has 0 aliphatic heterocycles. The lowest BCUT2D eigenvalue weighted by Gasteiger charge is -2.16. The van der Waals surface area contributed by atoms with Gasteiger partial charge in [0.25, 0.3) is 0 Å². The maximum absolute atomic E-state index is 4.68. The van der Waals surface area contributed by atoms with Crippen LogP contribution in [0.4, 0.5) is 0 Å². The van der Waals surface area contributed by atoms with E-state index in [0.29, 0.717) is 0 Å². The van der Waals surface area contributed by atoms with Crippen LogP contribution < -0.4 is 0 Å². The first-order valence-corrected chi connectivity index (χ1v) is 7.00. The second kappa shape index (κ2) is 3.80. The van der Waals surface area contributed by atoms with E-state index in [-0.39, 0.29) is 0 Å². The highest BCUT2D eigenvalue weighted by atomic mass is 15.1. The largest absolute Gasteiger partial charge is 0.280 e. The quantitative estimate of drug-likeness (QED) is 0.613. The van der Waals surface area contributed by atoms with E-state index in [4.69, 9.17) is 0 Å². The molecule has 0 radical (unpaired) electrons. The highest BCUT2D eigenvalue weighted by Crippen LogP contribution is 2.26. The fourth-order valence-corrected chi connectivity index (χ4v) is 3.12. The maximum Gasteiger partial charge on any atom is 0.235 e. The molecule has 0 spiro atoms. The molecule has 0 amide bonds. The van der Waals surface area contributed by atoms with E-state index in [0.717, 1.165) is 24.1 Å². The first-order valence-electron chi connectivity index (χ1n) is 7.00. The van der Waals surface area contributed by atoms with Crippen molar-refractivity contribution in [1.29, 1.82) is 0 Å². The van der Waals surface area contributed by atoms with Crippen molar-refractivity contribution in [3.05, 3.63) is 40.7 Å². The molecular weight excluding hydrogens is 234 g/mol. The number of hydrogen-bond donors (Lipinski definition) is 0. The fourth-order valence-electron chi connectivity index (χ4n) is 3.12. The molecule has 0 saturated heterocycles. The normalized spacial score (nSPS) is 15.1. The predicted molar refractivity (Wildman–Crippen MR) is 76.6 cm³/mol. The molecule has 3 nitrogen and oxygen atoms in total. The Bertz CT molecular complexity index is 799. The van der Waals surface area contributed by atoms with Crippen LogP contribution in [0, 0.1) is 13.8 Å². The fraction of sp³-hybridized carbons (Fsp3) is 0.375. The van der Waals surface area contributed by atoms with Crippen molar-refractivity contribution in [2.24, 2.45) is 0 Å². The van der Waals surface area contributed by atoms with Gasteiger partial charge in [0.1, 0.15) is 0 Å². The van der Waals surface area contributed by atoms with Gasteiger partial charge in [-0.05, 0) is 68.4 Å². The summed E-state index contributed by atoms with van der Waals surface area (Å²) >= 11 is 0. The van der Waals surface area contributed by atoms with Crippen molar-refractivity contribution in [3.8, 4) is 0 Å². The van der Waals surface area contributed by atoms with Gasteiger partial charge in [-0.3, -0.25) is 4.40 Å². The summed E-state index contributed by atoms with van der Waals surface area (Å²) in [7, 11) is 0. The molecule has 3 aromatic rings. The van der Waals surface area contributed by atoms with E-state index in [1.807, 2.05) is 6.20 Å². The third-order valence-electron chi connectivity index (χ3n) is 4.34. The third-order valence-corrected chi connectivity index (χ3v) is 4.34. The number of imidazole rings is 1. The Morgan fingerprint density at radius 1 is 1.05 bits per heavy atom. The van der Waals surface area contributed by atoms with E-state index in [1.54, 1.807) is 0 Å². The summed E-state index contributed by atoms with van der Waals surface area (Å²) in [5, 5.41) is 0. The topological polar surface area (TPSA) is 30.2 Å². The number of fused-ring (bicyclic) bond motifs is 5. The zero-order valence-electron chi connectivity index (χ0n) is 11.4. The Morgan fingerprint density at radius 3 is 2.74 bits per heavy atom. The smallest absolute Gasteiger partial charge is 0.235 e. The SMILES string of the molecule is Cc1cc2nc3ncc4c(n3c2cc1C)CCCC4. The molecule has 0 atom stereocenters. The average molecular weight is 251 g/mol. The average Bonchev–Trinajstić information content (AvgIpc) is 2.77. The highest BCUT2D eigenvalue weighted by molar-refractivity contribution is 5.81. The number of rotatable bonds is 0. The lowest BCUT2D eigenvalue weighted by atomic mass is 9.97. The number of benzene rings is 1. The second-order valence-corrected chi connectivity index (χ2v) is 5.61. The standard InChI is InChI=1S/C16H17N3/c1-10-7-13-15(8-11(10)2)19-14-6-4-3-5-12(14)9-17-16(19)18-13/h7-9H,3-6H2,1-2H3. The van der Waals surface area contributed by atoms with Gasteiger partial charge in [0.15, 0.2) is 0 Å². The molecule has 2 heterocycles. The van der Waals surface area contributed by atoms with Crippen LogP contribution >= 0.6 is 0 Å². The summed E-state index contributed by atoms with van der Waals surface area (Å²) in [6, 6.07) is 4.43. The summed E-state index contributed by atoms with van der Waals surface area (Å²) in [6.07, 6.45) is 6.88. The van der Waals surface area contributed by atoms with Crippen LogP contribution in [0.3, 0.4) is 0 Å². The molecular formula is C16H17N3. The van der Waals surface area contributed by atoms with E-state index < -0.39 is 0 Å². The van der Waals surface area contributed by atoms with E-state index in [9.17, 15) is 0 Å². The van der Waals surface area contributed by atoms with Gasteiger partial charge >= 0.3 is 0 Å². The molecule has 0 N–H and O–H groups in total. The van der Waals surface area contributed by atoms with Crippen LogP contribution in [0.15, 0.2) is 18.3 Å². The number of nitrogens with zero attached hydrogens (tertiary/aromatic N) is 3. The van der Waals surface area contributed by atoms with Gasteiger partial charge in [-0.2, -0.15) is 0 Å². The summed E-state index contributed by atoms with van der Waals surface area (Å²) in [6.45, 7) is 4.30. The summed E-state index contributed by atoms with van der Waals surface area (Å²) in [5.74, 6) is 0.848. The van der Waals surface area contributed by atoms with Crippen LogP contribution in [0.2, 0.25) is 0 Å². The zero-order valence-corrected chi connectivity index (χ0v) is 11.4. The second-order valence-electron chi connectivity index (χ2n) is 5.61. The number of aryl methyl sites for hydroxylation is 4. The minimum atomic E-state index is 0.848. The van der Waals surface area contributed by atoms with Crippen LogP contribution in [-0.4, -0.2) is 14.4 Å². The van der Waals surface area contributed by atoms with Crippen LogP contribution in [0.5, 0.6) is 0 Å². The predicted octanol–water partition coefficient (Wildman–Crippen LogP) is 3.38. The molecule has 96 valence electrons. The summed E-state index contributed by atoms with van der Waals surface area (Å²) in [4.78, 5) is 9.22. The van der Waals surface area contributed by atoms with Gasteiger partial charge in [0.2, 0.25) is 5.78 Å². The highest BCUT2D eigenvalue weighted by Gasteiger charge is 2.16. The van der Waals surface area contributed by atoms with E-state index in [2.05, 4.69) is 40.3 Å². The lowest BCUT2D eigenvalue weighted by Crippen LogP contribution is -2.09. The third kappa shape index (κ3) is 1.51. The minimum absolute atomic E-state index is 0.848. The van der Waals surface area contributed by atoms with Crippen molar-refractivity contribution >= 4 is 16.8 Å².